The number of carbonyl (C=O) groups excluding carboxylic acids is 2. The summed E-state index contributed by atoms with van der Waals surface area (Å²) in [6.07, 6.45) is 0. The summed E-state index contributed by atoms with van der Waals surface area (Å²) in [5.41, 5.74) is 1.36. The van der Waals surface area contributed by atoms with Crippen molar-refractivity contribution in [3.8, 4) is 0 Å². The molecular weight excluding hydrogens is 200 g/mol. The lowest BCUT2D eigenvalue weighted by Gasteiger charge is -2.08. The van der Waals surface area contributed by atoms with Crippen LogP contribution < -0.4 is 0 Å². The summed E-state index contributed by atoms with van der Waals surface area (Å²) in [5, 5.41) is -0.718. The molecule has 14 heavy (non-hydrogen) atoms. The monoisotopic (exact) mass is 208 g/mol. The van der Waals surface area contributed by atoms with Gasteiger partial charge in [-0.05, 0) is 12.5 Å². The van der Waals surface area contributed by atoms with Gasteiger partial charge in [0.1, 0.15) is 11.2 Å². The first-order valence-corrected chi connectivity index (χ1v) is 4.84. The van der Waals surface area contributed by atoms with E-state index in [0.29, 0.717) is 5.56 Å². The maximum atomic E-state index is 11.6. The van der Waals surface area contributed by atoms with E-state index in [2.05, 4.69) is 0 Å². The van der Waals surface area contributed by atoms with Gasteiger partial charge in [0.05, 0.1) is 5.92 Å². The number of ketones is 2. The van der Waals surface area contributed by atoms with Crippen molar-refractivity contribution in [3.63, 3.8) is 0 Å². The summed E-state index contributed by atoms with van der Waals surface area (Å²) in [4.78, 5) is 23.0. The molecule has 0 amide bonds. The van der Waals surface area contributed by atoms with Crippen LogP contribution in [0.5, 0.6) is 0 Å². The molecule has 0 saturated heterocycles. The lowest BCUT2D eigenvalue weighted by Crippen LogP contribution is -2.18. The van der Waals surface area contributed by atoms with Gasteiger partial charge >= 0.3 is 0 Å². The van der Waals surface area contributed by atoms with Gasteiger partial charge in [-0.2, -0.15) is 0 Å². The highest BCUT2D eigenvalue weighted by atomic mass is 35.5. The maximum Gasteiger partial charge on any atom is 0.182 e. The van der Waals surface area contributed by atoms with E-state index in [9.17, 15) is 9.59 Å². The predicted molar refractivity (Wildman–Crippen MR) is 53.8 cm³/mol. The zero-order valence-electron chi connectivity index (χ0n) is 7.66. The minimum atomic E-state index is -0.718. The van der Waals surface area contributed by atoms with E-state index in [1.165, 1.54) is 6.92 Å². The molecule has 0 aromatic heterocycles. The predicted octanol–water partition coefficient (Wildman–Crippen LogP) is 2.16. The highest BCUT2D eigenvalue weighted by Gasteiger charge is 2.40. The van der Waals surface area contributed by atoms with Crippen LogP contribution in [0, 0.1) is 0 Å². The Hall–Kier alpha value is -1.15. The molecule has 1 aromatic carbocycles. The quantitative estimate of drug-likeness (QED) is 0.663. The first kappa shape index (κ1) is 9.41. The summed E-state index contributed by atoms with van der Waals surface area (Å²) >= 11 is 5.92. The molecule has 2 unspecified atom stereocenters. The number of carbonyl (C=O) groups is 2. The van der Waals surface area contributed by atoms with Crippen molar-refractivity contribution in [2.75, 3.05) is 0 Å². The van der Waals surface area contributed by atoms with E-state index in [0.717, 1.165) is 5.56 Å². The first-order valence-electron chi connectivity index (χ1n) is 4.40. The molecule has 0 fully saturated rings. The fourth-order valence-corrected chi connectivity index (χ4v) is 2.31. The van der Waals surface area contributed by atoms with E-state index < -0.39 is 11.3 Å². The van der Waals surface area contributed by atoms with Crippen molar-refractivity contribution in [3.05, 3.63) is 35.4 Å². The zero-order valence-corrected chi connectivity index (χ0v) is 8.41. The number of alkyl halides is 1. The summed E-state index contributed by atoms with van der Waals surface area (Å²) in [7, 11) is 0. The van der Waals surface area contributed by atoms with E-state index >= 15 is 0 Å². The van der Waals surface area contributed by atoms with Gasteiger partial charge in [-0.1, -0.05) is 24.3 Å². The number of hydrogen-bond donors (Lipinski definition) is 0. The molecule has 0 bridgehead atoms. The van der Waals surface area contributed by atoms with Crippen LogP contribution in [0.25, 0.3) is 0 Å². The van der Waals surface area contributed by atoms with Gasteiger partial charge in [0.25, 0.3) is 0 Å². The Morgan fingerprint density at radius 1 is 1.36 bits per heavy atom. The maximum absolute atomic E-state index is 11.6. The highest BCUT2D eigenvalue weighted by molar-refractivity contribution is 6.38. The van der Waals surface area contributed by atoms with Gasteiger partial charge in [0, 0.05) is 5.56 Å². The highest BCUT2D eigenvalue weighted by Crippen LogP contribution is 2.36. The molecule has 0 aliphatic heterocycles. The number of fused-ring (bicyclic) bond motifs is 1. The van der Waals surface area contributed by atoms with Crippen LogP contribution in [0.4, 0.5) is 0 Å². The fraction of sp³-hybridized carbons (Fsp3) is 0.273. The minimum absolute atomic E-state index is 0.0525. The molecule has 2 atom stereocenters. The fourth-order valence-electron chi connectivity index (χ4n) is 1.88. The van der Waals surface area contributed by atoms with Crippen LogP contribution in [-0.4, -0.2) is 16.9 Å². The number of benzene rings is 1. The second-order valence-electron chi connectivity index (χ2n) is 3.44. The number of Topliss-reactive ketones (excluding diaryl/α,β-unsaturated/α-hetero) is 2. The van der Waals surface area contributed by atoms with Gasteiger partial charge in [-0.3, -0.25) is 9.59 Å². The van der Waals surface area contributed by atoms with Crippen LogP contribution >= 0.6 is 11.6 Å². The van der Waals surface area contributed by atoms with E-state index in [4.69, 9.17) is 11.6 Å². The Morgan fingerprint density at radius 3 is 2.64 bits per heavy atom. The lowest BCUT2D eigenvalue weighted by atomic mass is 9.98. The molecule has 2 rings (SSSR count). The molecular formula is C11H9ClO2. The molecule has 1 aromatic rings. The summed E-state index contributed by atoms with van der Waals surface area (Å²) in [6, 6.07) is 7.11. The lowest BCUT2D eigenvalue weighted by molar-refractivity contribution is -0.118. The average Bonchev–Trinajstić information content (AvgIpc) is 2.41. The van der Waals surface area contributed by atoms with Crippen molar-refractivity contribution >= 4 is 23.2 Å². The second-order valence-corrected chi connectivity index (χ2v) is 3.91. The molecule has 0 radical (unpaired) electrons. The number of hydrogen-bond acceptors (Lipinski definition) is 2. The normalized spacial score (nSPS) is 24.9. The SMILES string of the molecule is CC(=O)C1c2ccccc2C(=O)C1Cl. The molecule has 0 N–H and O–H groups in total. The van der Waals surface area contributed by atoms with Crippen LogP contribution in [0.15, 0.2) is 24.3 Å². The van der Waals surface area contributed by atoms with Crippen LogP contribution in [-0.2, 0) is 4.79 Å². The van der Waals surface area contributed by atoms with Crippen molar-refractivity contribution in [1.29, 1.82) is 0 Å². The summed E-state index contributed by atoms with van der Waals surface area (Å²) in [6.45, 7) is 1.47. The minimum Gasteiger partial charge on any atom is -0.299 e. The van der Waals surface area contributed by atoms with Crippen LogP contribution in [0.3, 0.4) is 0 Å². The topological polar surface area (TPSA) is 34.1 Å². The van der Waals surface area contributed by atoms with Gasteiger partial charge in [0.15, 0.2) is 5.78 Å². The van der Waals surface area contributed by atoms with Crippen molar-refractivity contribution < 1.29 is 9.59 Å². The van der Waals surface area contributed by atoms with Crippen LogP contribution in [0.1, 0.15) is 28.8 Å². The molecule has 1 aliphatic carbocycles. The van der Waals surface area contributed by atoms with Crippen molar-refractivity contribution in [1.82, 2.24) is 0 Å². The molecule has 0 heterocycles. The zero-order chi connectivity index (χ0) is 10.3. The van der Waals surface area contributed by atoms with Gasteiger partial charge in [-0.25, -0.2) is 0 Å². The van der Waals surface area contributed by atoms with Gasteiger partial charge < -0.3 is 0 Å². The van der Waals surface area contributed by atoms with Crippen LogP contribution in [0.2, 0.25) is 0 Å². The second kappa shape index (κ2) is 3.21. The Bertz CT molecular complexity index is 412. The number of rotatable bonds is 1. The van der Waals surface area contributed by atoms with E-state index in [-0.39, 0.29) is 11.6 Å². The molecule has 72 valence electrons. The molecule has 0 spiro atoms. The third-order valence-corrected chi connectivity index (χ3v) is 2.99. The Balaban J connectivity index is 2.59. The average molecular weight is 209 g/mol. The molecule has 1 aliphatic rings. The Labute approximate surface area is 86.9 Å². The van der Waals surface area contributed by atoms with E-state index in [1.54, 1.807) is 18.2 Å². The smallest absolute Gasteiger partial charge is 0.182 e. The van der Waals surface area contributed by atoms with Crippen molar-refractivity contribution in [2.45, 2.75) is 18.2 Å². The van der Waals surface area contributed by atoms with Crippen molar-refractivity contribution in [2.24, 2.45) is 0 Å². The Morgan fingerprint density at radius 2 is 2.00 bits per heavy atom. The molecule has 2 nitrogen and oxygen atoms in total. The standard InChI is InChI=1S/C11H9ClO2/c1-6(13)9-7-4-2-3-5-8(7)11(14)10(9)12/h2-5,9-10H,1H3. The Kier molecular flexibility index (Phi) is 2.16. The largest absolute Gasteiger partial charge is 0.299 e. The third-order valence-electron chi connectivity index (χ3n) is 2.54. The summed E-state index contributed by atoms with van der Waals surface area (Å²) in [5.74, 6) is -0.647. The van der Waals surface area contributed by atoms with E-state index in [1.807, 2.05) is 6.07 Å². The third kappa shape index (κ3) is 1.18. The van der Waals surface area contributed by atoms with Gasteiger partial charge in [-0.15, -0.1) is 11.6 Å². The molecule has 3 heteroatoms. The first-order chi connectivity index (χ1) is 6.63. The number of halogens is 1. The van der Waals surface area contributed by atoms with Gasteiger partial charge in [0.2, 0.25) is 0 Å². The molecule has 0 saturated carbocycles. The summed E-state index contributed by atoms with van der Waals surface area (Å²) < 4.78 is 0.